The molecule has 9 heteroatoms. The Bertz CT molecular complexity index is 797. The van der Waals surface area contributed by atoms with Gasteiger partial charge in [0.05, 0.1) is 5.41 Å². The second kappa shape index (κ2) is 11.0. The monoisotopic (exact) mass is 438 g/mol. The molecule has 1 aliphatic rings. The zero-order chi connectivity index (χ0) is 22.1. The van der Waals surface area contributed by atoms with Crippen LogP contribution in [0.1, 0.15) is 45.1 Å². The van der Waals surface area contributed by atoms with Crippen molar-refractivity contribution in [3.05, 3.63) is 34.9 Å². The van der Waals surface area contributed by atoms with E-state index in [0.29, 0.717) is 23.4 Å². The minimum absolute atomic E-state index is 0.0227. The van der Waals surface area contributed by atoms with E-state index >= 15 is 0 Å². The van der Waals surface area contributed by atoms with Crippen molar-refractivity contribution in [2.75, 3.05) is 19.9 Å². The second-order valence-corrected chi connectivity index (χ2v) is 7.89. The van der Waals surface area contributed by atoms with Crippen LogP contribution >= 0.6 is 11.6 Å². The zero-order valence-corrected chi connectivity index (χ0v) is 17.9. The normalized spacial score (nSPS) is 18.6. The molecule has 1 aliphatic carbocycles. The molecule has 1 aromatic carbocycles. The molecule has 1 atom stereocenters. The molecule has 8 nitrogen and oxygen atoms in total. The van der Waals surface area contributed by atoms with E-state index in [0.717, 1.165) is 12.8 Å². The summed E-state index contributed by atoms with van der Waals surface area (Å²) in [4.78, 5) is 47.8. The average Bonchev–Trinajstić information content (AvgIpc) is 2.72. The lowest BCUT2D eigenvalue weighted by atomic mass is 9.68. The van der Waals surface area contributed by atoms with Gasteiger partial charge in [-0.1, -0.05) is 50.1 Å². The fourth-order valence-electron chi connectivity index (χ4n) is 3.34. The highest BCUT2D eigenvalue weighted by atomic mass is 35.5. The highest BCUT2D eigenvalue weighted by Gasteiger charge is 2.42. The molecule has 2 N–H and O–H groups in total. The van der Waals surface area contributed by atoms with E-state index in [-0.39, 0.29) is 30.7 Å². The summed E-state index contributed by atoms with van der Waals surface area (Å²) in [5.74, 6) is -1.25. The number of alkyl carbamates (subject to hydrolysis) is 1. The van der Waals surface area contributed by atoms with Crippen molar-refractivity contribution in [3.63, 3.8) is 0 Å². The van der Waals surface area contributed by atoms with Crippen LogP contribution in [0.4, 0.5) is 4.79 Å². The topological polar surface area (TPSA) is 111 Å². The maximum atomic E-state index is 12.8. The van der Waals surface area contributed by atoms with E-state index in [9.17, 15) is 19.2 Å². The standard InChI is InChI=1S/C21H27ClN2O6/c1-14(2)19(27)23-11-18(26)29-13-30-20(28)24-12-21(10-6-5-9-17(21)25)15-7-3-4-8-16(15)22/h3-4,7-8,14H,5-6,9-13H2,1-2H3,(H,23,27)(H,24,28)/t21-/m1/s1. The molecule has 164 valence electrons. The fourth-order valence-corrected chi connectivity index (χ4v) is 3.66. The van der Waals surface area contributed by atoms with Gasteiger partial charge >= 0.3 is 12.1 Å². The Morgan fingerprint density at radius 3 is 2.53 bits per heavy atom. The number of hydrogen-bond donors (Lipinski definition) is 2. The number of amides is 2. The smallest absolute Gasteiger partial charge is 0.410 e. The number of rotatable bonds is 8. The first kappa shape index (κ1) is 23.7. The van der Waals surface area contributed by atoms with Crippen molar-refractivity contribution < 1.29 is 28.7 Å². The van der Waals surface area contributed by atoms with Gasteiger partial charge < -0.3 is 20.1 Å². The Hall–Kier alpha value is -2.61. The molecule has 1 saturated carbocycles. The number of ether oxygens (including phenoxy) is 2. The largest absolute Gasteiger partial charge is 0.426 e. The number of ketones is 1. The van der Waals surface area contributed by atoms with Gasteiger partial charge in [-0.2, -0.15) is 0 Å². The van der Waals surface area contributed by atoms with Gasteiger partial charge in [0.1, 0.15) is 12.3 Å². The molecule has 0 unspecified atom stereocenters. The molecule has 2 amide bonds. The number of nitrogens with one attached hydrogen (secondary N) is 2. The van der Waals surface area contributed by atoms with Crippen molar-refractivity contribution in [2.45, 2.75) is 44.9 Å². The van der Waals surface area contributed by atoms with E-state index in [2.05, 4.69) is 10.6 Å². The molecular weight excluding hydrogens is 412 g/mol. The van der Waals surface area contributed by atoms with E-state index in [1.54, 1.807) is 38.1 Å². The van der Waals surface area contributed by atoms with Gasteiger partial charge in [0.15, 0.2) is 0 Å². The molecule has 30 heavy (non-hydrogen) atoms. The number of hydrogen-bond acceptors (Lipinski definition) is 6. The Balaban J connectivity index is 1.87. The molecule has 0 saturated heterocycles. The third-order valence-electron chi connectivity index (χ3n) is 5.06. The Morgan fingerprint density at radius 1 is 1.13 bits per heavy atom. The quantitative estimate of drug-likeness (QED) is 0.477. The van der Waals surface area contributed by atoms with E-state index in [4.69, 9.17) is 21.1 Å². The Kier molecular flexibility index (Phi) is 8.65. The van der Waals surface area contributed by atoms with Crippen LogP contribution in [-0.2, 0) is 29.3 Å². The number of esters is 1. The highest BCUT2D eigenvalue weighted by molar-refractivity contribution is 6.31. The molecule has 1 aromatic rings. The summed E-state index contributed by atoms with van der Waals surface area (Å²) >= 11 is 6.33. The number of benzene rings is 1. The van der Waals surface area contributed by atoms with Gasteiger partial charge in [-0.25, -0.2) is 4.79 Å². The van der Waals surface area contributed by atoms with Gasteiger partial charge in [0.2, 0.25) is 12.7 Å². The first-order valence-electron chi connectivity index (χ1n) is 9.88. The highest BCUT2D eigenvalue weighted by Crippen LogP contribution is 2.39. The summed E-state index contributed by atoms with van der Waals surface area (Å²) in [6.07, 6.45) is 1.81. The van der Waals surface area contributed by atoms with Gasteiger partial charge in [-0.05, 0) is 24.5 Å². The molecule has 1 fully saturated rings. The minimum Gasteiger partial charge on any atom is -0.426 e. The van der Waals surface area contributed by atoms with Crippen molar-refractivity contribution in [2.24, 2.45) is 5.92 Å². The first-order chi connectivity index (χ1) is 14.3. The second-order valence-electron chi connectivity index (χ2n) is 7.48. The van der Waals surface area contributed by atoms with Crippen molar-refractivity contribution in [3.8, 4) is 0 Å². The Labute approximate surface area is 180 Å². The number of Topliss-reactive ketones (excluding diaryl/α,β-unsaturated/α-hetero) is 1. The lowest BCUT2D eigenvalue weighted by Crippen LogP contribution is -2.48. The van der Waals surface area contributed by atoms with Crippen LogP contribution in [0.15, 0.2) is 24.3 Å². The number of halogens is 1. The fraction of sp³-hybridized carbons (Fsp3) is 0.524. The maximum Gasteiger partial charge on any atom is 0.410 e. The van der Waals surface area contributed by atoms with Crippen molar-refractivity contribution in [1.82, 2.24) is 10.6 Å². The minimum atomic E-state index is -0.909. The predicted molar refractivity (Wildman–Crippen MR) is 110 cm³/mol. The van der Waals surface area contributed by atoms with Gasteiger partial charge in [0, 0.05) is 23.9 Å². The molecule has 0 aromatic heterocycles. The van der Waals surface area contributed by atoms with Gasteiger partial charge in [-0.15, -0.1) is 0 Å². The maximum absolute atomic E-state index is 12.8. The van der Waals surface area contributed by atoms with Crippen LogP contribution in [-0.4, -0.2) is 43.6 Å². The summed E-state index contributed by atoms with van der Waals surface area (Å²) in [5, 5.41) is 5.46. The predicted octanol–water partition coefficient (Wildman–Crippen LogP) is 2.72. The molecule has 0 bridgehead atoms. The number of carbonyl (C=O) groups excluding carboxylic acids is 4. The molecule has 2 rings (SSSR count). The zero-order valence-electron chi connectivity index (χ0n) is 17.2. The molecular formula is C21H27ClN2O6. The average molecular weight is 439 g/mol. The van der Waals surface area contributed by atoms with Crippen molar-refractivity contribution in [1.29, 1.82) is 0 Å². The van der Waals surface area contributed by atoms with Gasteiger partial charge in [-0.3, -0.25) is 14.4 Å². The number of carbonyl (C=O) groups is 4. The van der Waals surface area contributed by atoms with E-state index in [1.807, 2.05) is 0 Å². The first-order valence-corrected chi connectivity index (χ1v) is 10.3. The van der Waals surface area contributed by atoms with Crippen LogP contribution in [0.3, 0.4) is 0 Å². The molecule has 0 spiro atoms. The molecule has 0 heterocycles. The van der Waals surface area contributed by atoms with Crippen LogP contribution in [0, 0.1) is 5.92 Å². The van der Waals surface area contributed by atoms with Crippen LogP contribution in [0.25, 0.3) is 0 Å². The lowest BCUT2D eigenvalue weighted by molar-refractivity contribution is -0.151. The van der Waals surface area contributed by atoms with E-state index in [1.165, 1.54) is 0 Å². The van der Waals surface area contributed by atoms with Crippen LogP contribution in [0.5, 0.6) is 0 Å². The summed E-state index contributed by atoms with van der Waals surface area (Å²) < 4.78 is 9.61. The van der Waals surface area contributed by atoms with Crippen LogP contribution in [0.2, 0.25) is 5.02 Å². The summed E-state index contributed by atoms with van der Waals surface area (Å²) in [6, 6.07) is 7.11. The molecule has 0 aliphatic heterocycles. The lowest BCUT2D eigenvalue weighted by Gasteiger charge is -2.36. The van der Waals surface area contributed by atoms with E-state index < -0.39 is 24.3 Å². The Morgan fingerprint density at radius 2 is 1.87 bits per heavy atom. The third-order valence-corrected chi connectivity index (χ3v) is 5.39. The molecule has 0 radical (unpaired) electrons. The van der Waals surface area contributed by atoms with Crippen LogP contribution < -0.4 is 10.6 Å². The summed E-state index contributed by atoms with van der Waals surface area (Å²) in [7, 11) is 0. The SMILES string of the molecule is CC(C)C(=O)NCC(=O)OCOC(=O)NC[C@@]1(c2ccccc2Cl)CCCCC1=O. The third kappa shape index (κ3) is 6.19. The summed E-state index contributed by atoms with van der Waals surface area (Å²) in [6.45, 7) is 2.51. The summed E-state index contributed by atoms with van der Waals surface area (Å²) in [5.41, 5.74) is -0.225. The van der Waals surface area contributed by atoms with Crippen molar-refractivity contribution >= 4 is 35.4 Å². The van der Waals surface area contributed by atoms with Gasteiger partial charge in [0.25, 0.3) is 0 Å².